The van der Waals surface area contributed by atoms with Crippen LogP contribution in [0.3, 0.4) is 0 Å². The van der Waals surface area contributed by atoms with Crippen LogP contribution in [0, 0.1) is 24.0 Å². The van der Waals surface area contributed by atoms with Gasteiger partial charge in [0, 0.05) is 27.9 Å². The summed E-state index contributed by atoms with van der Waals surface area (Å²) in [5.41, 5.74) is 2.87. The Morgan fingerprint density at radius 1 is 1.17 bits per heavy atom. The van der Waals surface area contributed by atoms with Crippen LogP contribution in [0.4, 0.5) is 11.4 Å². The van der Waals surface area contributed by atoms with Crippen LogP contribution in [0.5, 0.6) is 0 Å². The Hall–Kier alpha value is -2.44. The van der Waals surface area contributed by atoms with E-state index in [1.54, 1.807) is 6.07 Å². The quantitative estimate of drug-likeness (QED) is 0.506. The number of benzene rings is 2. The van der Waals surface area contributed by atoms with Crippen molar-refractivity contribution in [2.45, 2.75) is 13.8 Å². The highest BCUT2D eigenvalue weighted by Gasteiger charge is 2.19. The first-order chi connectivity index (χ1) is 11.4. The lowest BCUT2D eigenvalue weighted by Gasteiger charge is -2.06. The van der Waals surface area contributed by atoms with Crippen LogP contribution in [-0.2, 0) is 0 Å². The van der Waals surface area contributed by atoms with Gasteiger partial charge in [0.15, 0.2) is 0 Å². The highest BCUT2D eigenvalue weighted by molar-refractivity contribution is 7.21. The molecule has 7 heteroatoms. The van der Waals surface area contributed by atoms with E-state index in [9.17, 15) is 14.9 Å². The molecule has 0 spiro atoms. The number of aryl methyl sites for hydroxylation is 2. The molecule has 0 aliphatic carbocycles. The molecule has 0 fully saturated rings. The van der Waals surface area contributed by atoms with Crippen LogP contribution >= 0.6 is 22.9 Å². The maximum Gasteiger partial charge on any atom is 0.270 e. The summed E-state index contributed by atoms with van der Waals surface area (Å²) < 4.78 is 0.611. The van der Waals surface area contributed by atoms with E-state index in [2.05, 4.69) is 5.32 Å². The Balaban J connectivity index is 1.95. The van der Waals surface area contributed by atoms with E-state index < -0.39 is 4.92 Å². The molecule has 24 heavy (non-hydrogen) atoms. The molecule has 122 valence electrons. The van der Waals surface area contributed by atoms with Gasteiger partial charge in [-0.2, -0.15) is 0 Å². The number of nitro benzene ring substituents is 1. The number of hydrogen-bond acceptors (Lipinski definition) is 4. The molecular weight excluding hydrogens is 348 g/mol. The van der Waals surface area contributed by atoms with Crippen molar-refractivity contribution in [1.29, 1.82) is 0 Å². The summed E-state index contributed by atoms with van der Waals surface area (Å²) in [6.45, 7) is 3.97. The first kappa shape index (κ1) is 16.4. The molecule has 0 aliphatic rings. The fraction of sp³-hybridized carbons (Fsp3) is 0.118. The zero-order chi connectivity index (χ0) is 17.4. The van der Waals surface area contributed by atoms with Crippen molar-refractivity contribution in [3.63, 3.8) is 0 Å². The van der Waals surface area contributed by atoms with Crippen LogP contribution in [0.2, 0.25) is 5.02 Å². The lowest BCUT2D eigenvalue weighted by molar-refractivity contribution is -0.384. The van der Waals surface area contributed by atoms with Crippen molar-refractivity contribution < 1.29 is 9.72 Å². The third-order valence-corrected chi connectivity index (χ3v) is 5.45. The molecule has 1 heterocycles. The van der Waals surface area contributed by atoms with Crippen LogP contribution in [0.15, 0.2) is 36.4 Å². The summed E-state index contributed by atoms with van der Waals surface area (Å²) in [6.07, 6.45) is 0. The van der Waals surface area contributed by atoms with Gasteiger partial charge in [-0.05, 0) is 43.2 Å². The van der Waals surface area contributed by atoms with E-state index in [0.29, 0.717) is 25.7 Å². The van der Waals surface area contributed by atoms with Gasteiger partial charge in [-0.25, -0.2) is 0 Å². The third-order valence-electron chi connectivity index (χ3n) is 3.79. The topological polar surface area (TPSA) is 72.2 Å². The first-order valence-corrected chi connectivity index (χ1v) is 8.31. The second-order valence-corrected chi connectivity index (χ2v) is 6.87. The molecule has 0 unspecified atom stereocenters. The average molecular weight is 361 g/mol. The van der Waals surface area contributed by atoms with Gasteiger partial charge in [0.2, 0.25) is 0 Å². The van der Waals surface area contributed by atoms with Gasteiger partial charge in [-0.15, -0.1) is 11.3 Å². The summed E-state index contributed by atoms with van der Waals surface area (Å²) in [6, 6.07) is 10.0. The number of anilines is 1. The van der Waals surface area contributed by atoms with Crippen molar-refractivity contribution in [1.82, 2.24) is 0 Å². The standard InChI is InChI=1S/C17H13ClN2O3S/c1-9-3-4-11(7-10(9)2)19-17(21)16-15(18)13-6-5-12(20(22)23)8-14(13)24-16/h3-8H,1-2H3,(H,19,21). The fourth-order valence-electron chi connectivity index (χ4n) is 2.32. The van der Waals surface area contributed by atoms with E-state index in [0.717, 1.165) is 22.5 Å². The predicted octanol–water partition coefficient (Wildman–Crippen LogP) is 5.33. The number of amides is 1. The number of rotatable bonds is 3. The van der Waals surface area contributed by atoms with Crippen molar-refractivity contribution in [2.75, 3.05) is 5.32 Å². The van der Waals surface area contributed by atoms with E-state index in [1.807, 2.05) is 32.0 Å². The van der Waals surface area contributed by atoms with Gasteiger partial charge in [0.1, 0.15) is 4.88 Å². The minimum absolute atomic E-state index is 0.0264. The predicted molar refractivity (Wildman–Crippen MR) is 97.4 cm³/mol. The monoisotopic (exact) mass is 360 g/mol. The third kappa shape index (κ3) is 2.98. The Morgan fingerprint density at radius 3 is 2.58 bits per heavy atom. The van der Waals surface area contributed by atoms with Crippen LogP contribution in [0.1, 0.15) is 20.8 Å². The van der Waals surface area contributed by atoms with Crippen molar-refractivity contribution in [3.8, 4) is 0 Å². The SMILES string of the molecule is Cc1ccc(NC(=O)c2sc3cc([N+](=O)[O-])ccc3c2Cl)cc1C. The molecule has 0 saturated heterocycles. The van der Waals surface area contributed by atoms with E-state index in [4.69, 9.17) is 11.6 Å². The minimum atomic E-state index is -0.470. The smallest absolute Gasteiger partial charge is 0.270 e. The van der Waals surface area contributed by atoms with Gasteiger partial charge < -0.3 is 5.32 Å². The van der Waals surface area contributed by atoms with Crippen molar-refractivity contribution >= 4 is 50.3 Å². The van der Waals surface area contributed by atoms with Gasteiger partial charge in [-0.1, -0.05) is 17.7 Å². The molecule has 0 atom stereocenters. The lowest BCUT2D eigenvalue weighted by atomic mass is 10.1. The zero-order valence-corrected chi connectivity index (χ0v) is 14.5. The van der Waals surface area contributed by atoms with Gasteiger partial charge in [0.05, 0.1) is 9.95 Å². The second-order valence-electron chi connectivity index (χ2n) is 5.44. The number of fused-ring (bicyclic) bond motifs is 1. The molecule has 0 radical (unpaired) electrons. The largest absolute Gasteiger partial charge is 0.321 e. The van der Waals surface area contributed by atoms with Crippen molar-refractivity contribution in [2.24, 2.45) is 0 Å². The summed E-state index contributed by atoms with van der Waals surface area (Å²) in [4.78, 5) is 23.2. The molecule has 3 aromatic rings. The Bertz CT molecular complexity index is 981. The molecule has 5 nitrogen and oxygen atoms in total. The van der Waals surface area contributed by atoms with Gasteiger partial charge in [-0.3, -0.25) is 14.9 Å². The Labute approximate surface area is 147 Å². The average Bonchev–Trinajstić information content (AvgIpc) is 2.87. The lowest BCUT2D eigenvalue weighted by Crippen LogP contribution is -2.10. The molecule has 0 aliphatic heterocycles. The number of nitrogens with zero attached hydrogens (tertiary/aromatic N) is 1. The normalized spacial score (nSPS) is 10.8. The van der Waals surface area contributed by atoms with Crippen molar-refractivity contribution in [3.05, 3.63) is 67.5 Å². The number of hydrogen-bond donors (Lipinski definition) is 1. The molecule has 1 amide bonds. The summed E-state index contributed by atoms with van der Waals surface area (Å²) >= 11 is 7.43. The fourth-order valence-corrected chi connectivity index (χ4v) is 3.77. The number of thiophene rings is 1. The summed E-state index contributed by atoms with van der Waals surface area (Å²) in [7, 11) is 0. The Morgan fingerprint density at radius 2 is 1.92 bits per heavy atom. The number of nitrogens with one attached hydrogen (secondary N) is 1. The van der Waals surface area contributed by atoms with Gasteiger partial charge >= 0.3 is 0 Å². The molecule has 1 N–H and O–H groups in total. The molecule has 0 bridgehead atoms. The molecular formula is C17H13ClN2O3S. The number of non-ortho nitro benzene ring substituents is 1. The van der Waals surface area contributed by atoms with Gasteiger partial charge in [0.25, 0.3) is 11.6 Å². The second kappa shape index (κ2) is 6.22. The van der Waals surface area contributed by atoms with Crippen LogP contribution < -0.4 is 5.32 Å². The van der Waals surface area contributed by atoms with E-state index in [-0.39, 0.29) is 11.6 Å². The maximum atomic E-state index is 12.5. The molecule has 0 saturated carbocycles. The van der Waals surface area contributed by atoms with Crippen LogP contribution in [0.25, 0.3) is 10.1 Å². The molecule has 3 rings (SSSR count). The maximum absolute atomic E-state index is 12.5. The molecule has 2 aromatic carbocycles. The van der Waals surface area contributed by atoms with E-state index >= 15 is 0 Å². The number of carbonyl (C=O) groups is 1. The van der Waals surface area contributed by atoms with Crippen LogP contribution in [-0.4, -0.2) is 10.8 Å². The zero-order valence-electron chi connectivity index (χ0n) is 12.9. The first-order valence-electron chi connectivity index (χ1n) is 7.12. The Kier molecular flexibility index (Phi) is 4.26. The number of halogens is 1. The minimum Gasteiger partial charge on any atom is -0.321 e. The number of carbonyl (C=O) groups excluding carboxylic acids is 1. The number of nitro groups is 1. The highest BCUT2D eigenvalue weighted by Crippen LogP contribution is 2.37. The summed E-state index contributed by atoms with van der Waals surface area (Å²) in [5.74, 6) is -0.327. The summed E-state index contributed by atoms with van der Waals surface area (Å²) in [5, 5.41) is 14.6. The highest BCUT2D eigenvalue weighted by atomic mass is 35.5. The van der Waals surface area contributed by atoms with E-state index in [1.165, 1.54) is 12.1 Å². The molecule has 1 aromatic heterocycles.